The first kappa shape index (κ1) is 13.7. The van der Waals surface area contributed by atoms with Gasteiger partial charge in [-0.25, -0.2) is 18.6 Å². The zero-order valence-corrected chi connectivity index (χ0v) is 9.11. The minimum Gasteiger partial charge on any atom is -0.462 e. The van der Waals surface area contributed by atoms with Gasteiger partial charge in [-0.1, -0.05) is 0 Å². The Labute approximate surface area is 98.5 Å². The van der Waals surface area contributed by atoms with Crippen LogP contribution in [0.4, 0.5) is 14.6 Å². The molecule has 98 valence electrons. The number of H-pyrrole nitrogens is 1. The molecule has 0 aliphatic rings. The summed E-state index contributed by atoms with van der Waals surface area (Å²) in [6.45, 7) is 1.41. The van der Waals surface area contributed by atoms with Crippen LogP contribution in [-0.4, -0.2) is 22.5 Å². The second-order valence-corrected chi connectivity index (χ2v) is 3.07. The number of carbonyl (C=O) groups excluding carboxylic acids is 1. The van der Waals surface area contributed by atoms with Crippen molar-refractivity contribution in [2.45, 2.75) is 13.3 Å². The molecule has 0 radical (unpaired) electrons. The van der Waals surface area contributed by atoms with Crippen LogP contribution < -0.4 is 5.43 Å². The predicted octanol–water partition coefficient (Wildman–Crippen LogP) is 1.40. The van der Waals surface area contributed by atoms with E-state index in [-0.39, 0.29) is 6.61 Å². The standard InChI is InChI=1S/C9H8F2N2O5/c1-2-18-9(15)4-3-12-8(13(16)17)5(6(4)14)7(10)11/h3,7H,2H2,1H3,(H,12,14). The SMILES string of the molecule is CCOC(=O)c1c[nH]c([N+](=O)[O-])c(C(F)F)c1=O. The second-order valence-electron chi connectivity index (χ2n) is 3.07. The zero-order chi connectivity index (χ0) is 13.9. The van der Waals surface area contributed by atoms with E-state index in [0.29, 0.717) is 6.20 Å². The lowest BCUT2D eigenvalue weighted by atomic mass is 10.2. The minimum absolute atomic E-state index is 0.0563. The van der Waals surface area contributed by atoms with Crippen LogP contribution in [0.15, 0.2) is 11.0 Å². The largest absolute Gasteiger partial charge is 0.462 e. The van der Waals surface area contributed by atoms with E-state index in [9.17, 15) is 28.5 Å². The van der Waals surface area contributed by atoms with E-state index in [1.54, 1.807) is 0 Å². The van der Waals surface area contributed by atoms with Crippen molar-refractivity contribution >= 4 is 11.8 Å². The summed E-state index contributed by atoms with van der Waals surface area (Å²) in [6.07, 6.45) is -2.69. The molecule has 0 fully saturated rings. The fourth-order valence-electron chi connectivity index (χ4n) is 1.25. The fraction of sp³-hybridized carbons (Fsp3) is 0.333. The number of ether oxygens (including phenoxy) is 1. The van der Waals surface area contributed by atoms with Gasteiger partial charge in [0.2, 0.25) is 5.43 Å². The highest BCUT2D eigenvalue weighted by Crippen LogP contribution is 2.23. The zero-order valence-electron chi connectivity index (χ0n) is 9.11. The van der Waals surface area contributed by atoms with Crippen molar-refractivity contribution in [1.29, 1.82) is 0 Å². The first-order chi connectivity index (χ1) is 8.40. The van der Waals surface area contributed by atoms with Gasteiger partial charge in [0.1, 0.15) is 11.8 Å². The van der Waals surface area contributed by atoms with Crippen molar-refractivity contribution in [1.82, 2.24) is 4.98 Å². The number of nitrogens with zero attached hydrogens (tertiary/aromatic N) is 1. The molecule has 7 nitrogen and oxygen atoms in total. The summed E-state index contributed by atoms with van der Waals surface area (Å²) in [4.78, 5) is 34.0. The summed E-state index contributed by atoms with van der Waals surface area (Å²) in [5.74, 6) is -2.25. The lowest BCUT2D eigenvalue weighted by Crippen LogP contribution is -2.23. The van der Waals surface area contributed by atoms with Crippen molar-refractivity contribution in [2.75, 3.05) is 6.61 Å². The number of nitro groups is 1. The Morgan fingerprint density at radius 2 is 2.22 bits per heavy atom. The van der Waals surface area contributed by atoms with Crippen LogP contribution in [0.2, 0.25) is 0 Å². The van der Waals surface area contributed by atoms with E-state index in [4.69, 9.17) is 0 Å². The summed E-state index contributed by atoms with van der Waals surface area (Å²) in [7, 11) is 0. The van der Waals surface area contributed by atoms with Crippen molar-refractivity contribution in [2.24, 2.45) is 0 Å². The predicted molar refractivity (Wildman–Crippen MR) is 54.6 cm³/mol. The van der Waals surface area contributed by atoms with Crippen LogP contribution in [0.25, 0.3) is 0 Å². The molecule has 0 unspecified atom stereocenters. The quantitative estimate of drug-likeness (QED) is 0.502. The second kappa shape index (κ2) is 5.34. The van der Waals surface area contributed by atoms with E-state index in [0.717, 1.165) is 0 Å². The molecule has 0 atom stereocenters. The summed E-state index contributed by atoms with van der Waals surface area (Å²) >= 11 is 0. The third-order valence-electron chi connectivity index (χ3n) is 1.99. The van der Waals surface area contributed by atoms with Gasteiger partial charge >= 0.3 is 11.8 Å². The van der Waals surface area contributed by atoms with Crippen LogP contribution in [0, 0.1) is 10.1 Å². The maximum Gasteiger partial charge on any atom is 0.345 e. The Morgan fingerprint density at radius 3 is 2.67 bits per heavy atom. The Bertz CT molecular complexity index is 540. The molecule has 0 spiro atoms. The number of aromatic amines is 1. The Hall–Kier alpha value is -2.32. The van der Waals surface area contributed by atoms with Crippen molar-refractivity contribution < 1.29 is 23.2 Å². The van der Waals surface area contributed by atoms with Crippen LogP contribution in [0.1, 0.15) is 29.3 Å². The van der Waals surface area contributed by atoms with Crippen LogP contribution in [0.5, 0.6) is 0 Å². The number of nitrogens with one attached hydrogen (secondary N) is 1. The lowest BCUT2D eigenvalue weighted by Gasteiger charge is -2.04. The number of aromatic nitrogens is 1. The maximum absolute atomic E-state index is 12.6. The lowest BCUT2D eigenvalue weighted by molar-refractivity contribution is -0.391. The smallest absolute Gasteiger partial charge is 0.345 e. The number of hydrogen-bond acceptors (Lipinski definition) is 5. The summed E-state index contributed by atoms with van der Waals surface area (Å²) in [5.41, 5.74) is -3.46. The van der Waals surface area contributed by atoms with Gasteiger partial charge in [-0.2, -0.15) is 0 Å². The first-order valence-electron chi connectivity index (χ1n) is 4.75. The minimum atomic E-state index is -3.37. The summed E-state index contributed by atoms with van der Waals surface area (Å²) in [6, 6.07) is 0. The molecule has 9 heteroatoms. The van der Waals surface area contributed by atoms with E-state index in [1.165, 1.54) is 6.92 Å². The van der Waals surface area contributed by atoms with E-state index < -0.39 is 39.7 Å². The van der Waals surface area contributed by atoms with E-state index >= 15 is 0 Å². The molecule has 0 saturated heterocycles. The average Bonchev–Trinajstić information content (AvgIpc) is 2.27. The first-order valence-corrected chi connectivity index (χ1v) is 4.75. The molecular weight excluding hydrogens is 254 g/mol. The Balaban J connectivity index is 3.45. The van der Waals surface area contributed by atoms with Gasteiger partial charge in [-0.05, 0) is 11.8 Å². The van der Waals surface area contributed by atoms with Crippen LogP contribution in [0.3, 0.4) is 0 Å². The summed E-state index contributed by atoms with van der Waals surface area (Å²) < 4.78 is 29.7. The number of hydrogen-bond donors (Lipinski definition) is 1. The van der Waals surface area contributed by atoms with Crippen molar-refractivity contribution in [3.8, 4) is 0 Å². The molecule has 1 heterocycles. The maximum atomic E-state index is 12.6. The number of rotatable bonds is 4. The highest BCUT2D eigenvalue weighted by molar-refractivity contribution is 5.89. The van der Waals surface area contributed by atoms with Gasteiger partial charge in [0.05, 0.1) is 6.61 Å². The van der Waals surface area contributed by atoms with Gasteiger partial charge in [-0.3, -0.25) is 4.79 Å². The van der Waals surface area contributed by atoms with Crippen molar-refractivity contribution in [3.63, 3.8) is 0 Å². The molecule has 0 bridgehead atoms. The fourth-order valence-corrected chi connectivity index (χ4v) is 1.25. The number of halogens is 2. The molecule has 1 N–H and O–H groups in total. The Morgan fingerprint density at radius 1 is 1.61 bits per heavy atom. The number of esters is 1. The molecule has 0 amide bonds. The normalized spacial score (nSPS) is 10.4. The molecule has 0 aliphatic carbocycles. The molecule has 1 aromatic rings. The van der Waals surface area contributed by atoms with Gasteiger partial charge < -0.3 is 14.9 Å². The number of pyridine rings is 1. The van der Waals surface area contributed by atoms with E-state index in [1.807, 2.05) is 4.98 Å². The average molecular weight is 262 g/mol. The molecule has 0 aliphatic heterocycles. The van der Waals surface area contributed by atoms with Crippen molar-refractivity contribution in [3.05, 3.63) is 37.7 Å². The van der Waals surface area contributed by atoms with Gasteiger partial charge in [0, 0.05) is 0 Å². The van der Waals surface area contributed by atoms with E-state index in [2.05, 4.69) is 4.74 Å². The molecule has 1 aromatic heterocycles. The highest BCUT2D eigenvalue weighted by atomic mass is 19.3. The van der Waals surface area contributed by atoms with Crippen LogP contribution in [-0.2, 0) is 4.74 Å². The monoisotopic (exact) mass is 262 g/mol. The summed E-state index contributed by atoms with van der Waals surface area (Å²) in [5, 5.41) is 10.5. The topological polar surface area (TPSA) is 102 Å². The molecule has 1 rings (SSSR count). The third kappa shape index (κ3) is 2.50. The molecule has 0 saturated carbocycles. The van der Waals surface area contributed by atoms with Gasteiger partial charge in [0.25, 0.3) is 6.43 Å². The third-order valence-corrected chi connectivity index (χ3v) is 1.99. The molecule has 0 aromatic carbocycles. The molecule has 18 heavy (non-hydrogen) atoms. The van der Waals surface area contributed by atoms with Gasteiger partial charge in [-0.15, -0.1) is 0 Å². The number of alkyl halides is 2. The van der Waals surface area contributed by atoms with Gasteiger partial charge in [0.15, 0.2) is 5.56 Å². The number of carbonyl (C=O) groups is 1. The molecular formula is C9H8F2N2O5. The van der Waals surface area contributed by atoms with Crippen LogP contribution >= 0.6 is 0 Å². The Kier molecular flexibility index (Phi) is 4.08. The highest BCUT2D eigenvalue weighted by Gasteiger charge is 2.29.